The third kappa shape index (κ3) is 8.57. The molecule has 3 fully saturated rings. The third-order valence-corrected chi connectivity index (χ3v) is 11.2. The van der Waals surface area contributed by atoms with Crippen molar-refractivity contribution in [2.75, 3.05) is 31.5 Å². The summed E-state index contributed by atoms with van der Waals surface area (Å²) >= 11 is 1.45. The molecule has 3 N–H and O–H groups in total. The second-order valence-corrected chi connectivity index (χ2v) is 15.0. The van der Waals surface area contributed by atoms with Crippen LogP contribution in [0.2, 0.25) is 0 Å². The predicted octanol–water partition coefficient (Wildman–Crippen LogP) is 6.93. The molecule has 2 aromatic carbocycles. The highest BCUT2D eigenvalue weighted by molar-refractivity contribution is 7.09. The van der Waals surface area contributed by atoms with Crippen LogP contribution in [0, 0.1) is 12.7 Å². The number of benzene rings is 2. The van der Waals surface area contributed by atoms with E-state index in [1.807, 2.05) is 25.1 Å². The molecule has 1 saturated carbocycles. The Morgan fingerprint density at radius 3 is 2.24 bits per heavy atom. The highest BCUT2D eigenvalue weighted by Gasteiger charge is 2.27. The summed E-state index contributed by atoms with van der Waals surface area (Å²) in [6.07, 6.45) is 9.24. The number of anilines is 2. The van der Waals surface area contributed by atoms with Crippen molar-refractivity contribution in [3.05, 3.63) is 93.8 Å². The largest absolute Gasteiger partial charge is 0.349 e. The van der Waals surface area contributed by atoms with E-state index in [-0.39, 0.29) is 29.5 Å². The summed E-state index contributed by atoms with van der Waals surface area (Å²) in [4.78, 5) is 39.7. The fourth-order valence-electron chi connectivity index (χ4n) is 7.61. The summed E-state index contributed by atoms with van der Waals surface area (Å²) < 4.78 is 14.4. The molecule has 0 bridgehead atoms. The molecule has 2 saturated heterocycles. The van der Waals surface area contributed by atoms with Gasteiger partial charge in [-0.05, 0) is 119 Å². The lowest BCUT2D eigenvalue weighted by Gasteiger charge is -2.36. The van der Waals surface area contributed by atoms with Gasteiger partial charge in [0, 0.05) is 35.7 Å². The Hall–Kier alpha value is -4.19. The predicted molar refractivity (Wildman–Crippen MR) is 196 cm³/mol. The molecule has 1 aliphatic carbocycles. The molecule has 2 aromatic heterocycles. The highest BCUT2D eigenvalue weighted by atomic mass is 32.1. The number of carbonyl (C=O) groups is 2. The first kappa shape index (κ1) is 34.3. The van der Waals surface area contributed by atoms with Crippen molar-refractivity contribution >= 4 is 34.7 Å². The van der Waals surface area contributed by atoms with Crippen molar-refractivity contribution in [1.82, 2.24) is 30.4 Å². The fourth-order valence-corrected chi connectivity index (χ4v) is 8.20. The van der Waals surface area contributed by atoms with E-state index in [9.17, 15) is 14.0 Å². The van der Waals surface area contributed by atoms with Gasteiger partial charge >= 0.3 is 0 Å². The van der Waals surface area contributed by atoms with E-state index in [0.29, 0.717) is 24.4 Å². The Kier molecular flexibility index (Phi) is 10.8. The minimum absolute atomic E-state index is 0.0245. The molecule has 3 aliphatic rings. The van der Waals surface area contributed by atoms with Gasteiger partial charge in [-0.2, -0.15) is 0 Å². The first-order valence-corrected chi connectivity index (χ1v) is 18.9. The van der Waals surface area contributed by atoms with E-state index in [4.69, 9.17) is 0 Å². The Labute approximate surface area is 297 Å². The molecular formula is C39H46FN7O2S. The molecule has 2 aliphatic heterocycles. The van der Waals surface area contributed by atoms with Gasteiger partial charge in [-0.3, -0.25) is 14.5 Å². The van der Waals surface area contributed by atoms with Gasteiger partial charge in [-0.15, -0.1) is 11.3 Å². The van der Waals surface area contributed by atoms with Crippen LogP contribution in [0.5, 0.6) is 0 Å². The van der Waals surface area contributed by atoms with E-state index in [0.717, 1.165) is 66.5 Å². The Balaban J connectivity index is 0.931. The van der Waals surface area contributed by atoms with E-state index in [1.165, 1.54) is 61.7 Å². The smallest absolute Gasteiger partial charge is 0.270 e. The van der Waals surface area contributed by atoms with E-state index in [1.54, 1.807) is 5.38 Å². The van der Waals surface area contributed by atoms with Crippen LogP contribution in [0.25, 0.3) is 11.1 Å². The van der Waals surface area contributed by atoms with Gasteiger partial charge in [0.15, 0.2) is 0 Å². The number of likely N-dealkylation sites (tertiary alicyclic amines) is 2. The van der Waals surface area contributed by atoms with E-state index < -0.39 is 5.82 Å². The van der Waals surface area contributed by atoms with Gasteiger partial charge in [0.2, 0.25) is 0 Å². The minimum Gasteiger partial charge on any atom is -0.349 e. The summed E-state index contributed by atoms with van der Waals surface area (Å²) in [5.41, 5.74) is 4.81. The fraction of sp³-hybridized carbons (Fsp3) is 0.436. The maximum Gasteiger partial charge on any atom is 0.270 e. The standard InChI is InChI=1S/C39H46FN7O2S/c1-26-42-36(25-50-26)39(49)45-32-13-11-31(12-14-32)44-38(48)35-22-30(40)23-41-37(35)43-33-6-4-5-29(21-33)28-9-7-27(8-10-28)24-46-19-15-34(16-20-46)47-17-2-3-18-47/h4-10,21-23,25,31-32,34H,2-3,11-20,24H2,1H3,(H,41,43)(H,44,48)(H,45,49). The second kappa shape index (κ2) is 15.8. The molecule has 7 rings (SSSR count). The minimum atomic E-state index is -0.575. The first-order chi connectivity index (χ1) is 24.4. The third-order valence-electron chi connectivity index (χ3n) is 10.4. The van der Waals surface area contributed by atoms with Crippen LogP contribution in [0.4, 0.5) is 15.9 Å². The number of aromatic nitrogens is 2. The number of piperidine rings is 1. The van der Waals surface area contributed by atoms with Crippen LogP contribution in [-0.4, -0.2) is 75.9 Å². The SMILES string of the molecule is Cc1nc(C(=O)NC2CCC(NC(=O)c3cc(F)cnc3Nc3cccc(-c4ccc(CN5CCC(N6CCCC6)CC5)cc4)c3)CC2)cs1. The van der Waals surface area contributed by atoms with E-state index in [2.05, 4.69) is 66.0 Å². The van der Waals surface area contributed by atoms with Crippen LogP contribution >= 0.6 is 11.3 Å². The molecular weight excluding hydrogens is 650 g/mol. The quantitative estimate of drug-likeness (QED) is 0.166. The Bertz CT molecular complexity index is 1780. The summed E-state index contributed by atoms with van der Waals surface area (Å²) in [7, 11) is 0. The average molecular weight is 696 g/mol. The molecule has 0 atom stereocenters. The van der Waals surface area contributed by atoms with Crippen LogP contribution < -0.4 is 16.0 Å². The summed E-state index contributed by atoms with van der Waals surface area (Å²) in [5.74, 6) is -0.821. The van der Waals surface area contributed by atoms with Crippen molar-refractivity contribution in [2.24, 2.45) is 0 Å². The number of thiazole rings is 1. The number of pyridine rings is 1. The monoisotopic (exact) mass is 695 g/mol. The normalized spacial score (nSPS) is 20.4. The van der Waals surface area contributed by atoms with Crippen LogP contribution in [0.3, 0.4) is 0 Å². The number of aryl methyl sites for hydroxylation is 1. The van der Waals surface area contributed by atoms with Crippen molar-refractivity contribution in [2.45, 2.75) is 83.0 Å². The summed E-state index contributed by atoms with van der Waals surface area (Å²) in [6.45, 7) is 7.72. The first-order valence-electron chi connectivity index (χ1n) is 18.0. The topological polar surface area (TPSA) is 102 Å². The van der Waals surface area contributed by atoms with Crippen molar-refractivity contribution in [3.63, 3.8) is 0 Å². The zero-order valence-electron chi connectivity index (χ0n) is 28.7. The number of nitrogens with zero attached hydrogens (tertiary/aromatic N) is 4. The lowest BCUT2D eigenvalue weighted by atomic mass is 9.91. The number of carbonyl (C=O) groups excluding carboxylic acids is 2. The molecule has 262 valence electrons. The molecule has 11 heteroatoms. The van der Waals surface area contributed by atoms with Crippen molar-refractivity contribution in [3.8, 4) is 11.1 Å². The van der Waals surface area contributed by atoms with E-state index >= 15 is 0 Å². The molecule has 9 nitrogen and oxygen atoms in total. The molecule has 4 aromatic rings. The number of rotatable bonds is 10. The van der Waals surface area contributed by atoms with Gasteiger partial charge in [0.1, 0.15) is 17.3 Å². The van der Waals surface area contributed by atoms with Gasteiger partial charge in [-0.25, -0.2) is 14.4 Å². The van der Waals surface area contributed by atoms with Crippen LogP contribution in [0.1, 0.15) is 82.8 Å². The number of amides is 2. The molecule has 50 heavy (non-hydrogen) atoms. The molecule has 4 heterocycles. The highest BCUT2D eigenvalue weighted by Crippen LogP contribution is 2.28. The maximum atomic E-state index is 14.4. The maximum absolute atomic E-state index is 14.4. The van der Waals surface area contributed by atoms with Gasteiger partial charge in [0.25, 0.3) is 11.8 Å². The summed E-state index contributed by atoms with van der Waals surface area (Å²) in [6, 6.07) is 18.7. The molecule has 0 radical (unpaired) electrons. The zero-order chi connectivity index (χ0) is 34.5. The van der Waals surface area contributed by atoms with Crippen molar-refractivity contribution in [1.29, 1.82) is 0 Å². The average Bonchev–Trinajstić information content (AvgIpc) is 3.83. The van der Waals surface area contributed by atoms with Gasteiger partial charge < -0.3 is 20.9 Å². The molecule has 2 amide bonds. The lowest BCUT2D eigenvalue weighted by Crippen LogP contribution is -2.44. The molecule has 0 unspecified atom stereocenters. The lowest BCUT2D eigenvalue weighted by molar-refractivity contribution is 0.0889. The summed E-state index contributed by atoms with van der Waals surface area (Å²) in [5, 5.41) is 12.0. The number of halogens is 1. The zero-order valence-corrected chi connectivity index (χ0v) is 29.5. The Morgan fingerprint density at radius 2 is 1.56 bits per heavy atom. The second-order valence-electron chi connectivity index (χ2n) is 14.0. The molecule has 0 spiro atoms. The number of hydrogen-bond acceptors (Lipinski definition) is 8. The van der Waals surface area contributed by atoms with Crippen LogP contribution in [0.15, 0.2) is 66.2 Å². The van der Waals surface area contributed by atoms with Crippen molar-refractivity contribution < 1.29 is 14.0 Å². The van der Waals surface area contributed by atoms with Gasteiger partial charge in [-0.1, -0.05) is 36.4 Å². The van der Waals surface area contributed by atoms with Crippen LogP contribution in [-0.2, 0) is 6.54 Å². The number of hydrogen-bond donors (Lipinski definition) is 3. The number of nitrogens with one attached hydrogen (secondary N) is 3. The Morgan fingerprint density at radius 1 is 0.860 bits per heavy atom. The van der Waals surface area contributed by atoms with Gasteiger partial charge in [0.05, 0.1) is 16.8 Å².